The van der Waals surface area contributed by atoms with Gasteiger partial charge in [0.2, 0.25) is 5.91 Å². The molecule has 7 nitrogen and oxygen atoms in total. The van der Waals surface area contributed by atoms with Crippen molar-refractivity contribution in [3.63, 3.8) is 0 Å². The van der Waals surface area contributed by atoms with Gasteiger partial charge in [-0.15, -0.1) is 0 Å². The first-order chi connectivity index (χ1) is 15.9. The number of nitrogens with zero attached hydrogens (tertiary/aromatic N) is 1. The summed E-state index contributed by atoms with van der Waals surface area (Å²) in [4.78, 5) is 38.1. The maximum atomic E-state index is 13.0. The number of esters is 1. The van der Waals surface area contributed by atoms with E-state index in [0.29, 0.717) is 44.8 Å². The van der Waals surface area contributed by atoms with Crippen molar-refractivity contribution >= 4 is 29.7 Å². The first-order valence-electron chi connectivity index (χ1n) is 11.0. The number of halogens is 1. The average Bonchev–Trinajstić information content (AvgIpc) is 2.83. The highest BCUT2D eigenvalue weighted by atomic mass is 19.1. The van der Waals surface area contributed by atoms with Gasteiger partial charge in [-0.25, -0.2) is 14.0 Å². The summed E-state index contributed by atoms with van der Waals surface area (Å²) in [6, 6.07) is 12.9. The molecule has 1 saturated heterocycles. The van der Waals surface area contributed by atoms with Gasteiger partial charge in [-0.05, 0) is 61.2 Å². The van der Waals surface area contributed by atoms with Crippen LogP contribution in [0, 0.1) is 11.7 Å². The maximum Gasteiger partial charge on any atom is 0.330 e. The first kappa shape index (κ1) is 24.0. The minimum Gasteiger partial charge on any atom is -0.463 e. The van der Waals surface area contributed by atoms with E-state index < -0.39 is 5.97 Å². The van der Waals surface area contributed by atoms with E-state index in [2.05, 4.69) is 10.6 Å². The number of hydrogen-bond acceptors (Lipinski definition) is 4. The Kier molecular flexibility index (Phi) is 8.57. The molecule has 0 saturated carbocycles. The van der Waals surface area contributed by atoms with Crippen LogP contribution in [-0.4, -0.2) is 42.5 Å². The summed E-state index contributed by atoms with van der Waals surface area (Å²) in [6.45, 7) is 3.40. The summed E-state index contributed by atoms with van der Waals surface area (Å²) in [7, 11) is 0. The Morgan fingerprint density at radius 2 is 1.73 bits per heavy atom. The largest absolute Gasteiger partial charge is 0.463 e. The highest BCUT2D eigenvalue weighted by Crippen LogP contribution is 2.19. The van der Waals surface area contributed by atoms with E-state index in [1.54, 1.807) is 54.3 Å². The van der Waals surface area contributed by atoms with Crippen molar-refractivity contribution in [2.75, 3.05) is 25.0 Å². The third-order valence-electron chi connectivity index (χ3n) is 5.39. The molecular formula is C25H28FN3O4. The van der Waals surface area contributed by atoms with Gasteiger partial charge in [-0.2, -0.15) is 0 Å². The zero-order valence-corrected chi connectivity index (χ0v) is 18.6. The number of rotatable bonds is 7. The fourth-order valence-electron chi connectivity index (χ4n) is 3.52. The molecule has 8 heteroatoms. The molecule has 0 aromatic heterocycles. The van der Waals surface area contributed by atoms with Gasteiger partial charge in [0.05, 0.1) is 6.61 Å². The van der Waals surface area contributed by atoms with E-state index >= 15 is 0 Å². The zero-order chi connectivity index (χ0) is 23.6. The first-order valence-corrected chi connectivity index (χ1v) is 11.0. The molecule has 174 valence electrons. The van der Waals surface area contributed by atoms with Gasteiger partial charge in [0.25, 0.3) is 0 Å². The fraction of sp³-hybridized carbons (Fsp3) is 0.320. The smallest absolute Gasteiger partial charge is 0.330 e. The predicted molar refractivity (Wildman–Crippen MR) is 124 cm³/mol. The van der Waals surface area contributed by atoms with Crippen LogP contribution in [0.5, 0.6) is 0 Å². The third-order valence-corrected chi connectivity index (χ3v) is 5.39. The summed E-state index contributed by atoms with van der Waals surface area (Å²) < 4.78 is 17.8. The normalized spacial score (nSPS) is 14.2. The molecule has 3 rings (SSSR count). The second kappa shape index (κ2) is 11.8. The van der Waals surface area contributed by atoms with E-state index in [4.69, 9.17) is 4.74 Å². The maximum absolute atomic E-state index is 13.0. The van der Waals surface area contributed by atoms with E-state index in [1.807, 2.05) is 0 Å². The van der Waals surface area contributed by atoms with Gasteiger partial charge in [-0.1, -0.05) is 24.3 Å². The second-order valence-corrected chi connectivity index (χ2v) is 7.74. The molecule has 3 amide bonds. The Morgan fingerprint density at radius 3 is 2.36 bits per heavy atom. The summed E-state index contributed by atoms with van der Waals surface area (Å²) in [5.41, 5.74) is 2.30. The summed E-state index contributed by atoms with van der Waals surface area (Å²) >= 11 is 0. The summed E-state index contributed by atoms with van der Waals surface area (Å²) in [5, 5.41) is 5.75. The van der Waals surface area contributed by atoms with Crippen LogP contribution in [0.1, 0.15) is 30.9 Å². The number of benzene rings is 2. The molecular weight excluding hydrogens is 425 g/mol. The minimum atomic E-state index is -0.401. The minimum absolute atomic E-state index is 0.0501. The Balaban J connectivity index is 1.42. The average molecular weight is 454 g/mol. The molecule has 0 aliphatic carbocycles. The number of urea groups is 1. The van der Waals surface area contributed by atoms with Crippen molar-refractivity contribution in [2.24, 2.45) is 5.92 Å². The number of carbonyl (C=O) groups excluding carboxylic acids is 3. The van der Waals surface area contributed by atoms with Crippen LogP contribution in [0.3, 0.4) is 0 Å². The lowest BCUT2D eigenvalue weighted by atomic mass is 9.96. The topological polar surface area (TPSA) is 87.7 Å². The van der Waals surface area contributed by atoms with E-state index in [1.165, 1.54) is 18.2 Å². The van der Waals surface area contributed by atoms with Crippen molar-refractivity contribution in [1.29, 1.82) is 0 Å². The number of ether oxygens (including phenoxy) is 1. The Bertz CT molecular complexity index is 982. The van der Waals surface area contributed by atoms with Crippen LogP contribution in [0.4, 0.5) is 14.9 Å². The van der Waals surface area contributed by atoms with Crippen molar-refractivity contribution in [3.8, 4) is 0 Å². The zero-order valence-electron chi connectivity index (χ0n) is 18.6. The van der Waals surface area contributed by atoms with Crippen LogP contribution >= 0.6 is 0 Å². The molecule has 0 atom stereocenters. The van der Waals surface area contributed by atoms with Crippen LogP contribution in [0.15, 0.2) is 54.6 Å². The number of piperidine rings is 1. The molecule has 2 aromatic rings. The lowest BCUT2D eigenvalue weighted by Gasteiger charge is -2.31. The van der Waals surface area contributed by atoms with Crippen molar-refractivity contribution in [3.05, 3.63) is 71.6 Å². The molecule has 0 spiro atoms. The molecule has 0 unspecified atom stereocenters. The number of carbonyl (C=O) groups is 3. The van der Waals surface area contributed by atoms with Crippen molar-refractivity contribution in [2.45, 2.75) is 26.3 Å². The number of nitrogens with one attached hydrogen (secondary N) is 2. The standard InChI is InChI=1S/C25H28FN3O4/c1-2-33-23(30)12-7-18-5-10-22(11-6-18)28-25(32)29-15-13-20(14-16-29)24(31)27-17-19-3-8-21(26)9-4-19/h3-12,20H,2,13-17H2,1H3,(H,27,31)(H,28,32)/b12-7+. The number of likely N-dealkylation sites (tertiary alicyclic amines) is 1. The van der Waals surface area contributed by atoms with E-state index in [9.17, 15) is 18.8 Å². The molecule has 2 N–H and O–H groups in total. The SMILES string of the molecule is CCOC(=O)/C=C/c1ccc(NC(=O)N2CCC(C(=O)NCc3ccc(F)cc3)CC2)cc1. The summed E-state index contributed by atoms with van der Waals surface area (Å²) in [5.74, 6) is -0.911. The molecule has 1 aliphatic heterocycles. The van der Waals surface area contributed by atoms with Gasteiger partial charge in [0, 0.05) is 37.3 Å². The van der Waals surface area contributed by atoms with Crippen LogP contribution in [0.25, 0.3) is 6.08 Å². The number of hydrogen-bond donors (Lipinski definition) is 2. The van der Waals surface area contributed by atoms with Gasteiger partial charge in [0.1, 0.15) is 5.82 Å². The Labute approximate surface area is 192 Å². The molecule has 33 heavy (non-hydrogen) atoms. The van der Waals surface area contributed by atoms with Gasteiger partial charge >= 0.3 is 12.0 Å². The number of anilines is 1. The van der Waals surface area contributed by atoms with Gasteiger partial charge < -0.3 is 20.3 Å². The Morgan fingerprint density at radius 1 is 1.06 bits per heavy atom. The molecule has 1 aliphatic rings. The van der Waals surface area contributed by atoms with Crippen molar-refractivity contribution < 1.29 is 23.5 Å². The lowest BCUT2D eigenvalue weighted by Crippen LogP contribution is -2.44. The van der Waals surface area contributed by atoms with Gasteiger partial charge in [-0.3, -0.25) is 4.79 Å². The van der Waals surface area contributed by atoms with Crippen LogP contribution in [0.2, 0.25) is 0 Å². The lowest BCUT2D eigenvalue weighted by molar-refractivity contribution is -0.137. The highest BCUT2D eigenvalue weighted by molar-refractivity contribution is 5.90. The van der Waals surface area contributed by atoms with Crippen LogP contribution in [-0.2, 0) is 20.9 Å². The van der Waals surface area contributed by atoms with Crippen LogP contribution < -0.4 is 10.6 Å². The predicted octanol–water partition coefficient (Wildman–Crippen LogP) is 3.96. The second-order valence-electron chi connectivity index (χ2n) is 7.74. The molecule has 1 heterocycles. The van der Waals surface area contributed by atoms with E-state index in [-0.39, 0.29) is 23.7 Å². The Hall–Kier alpha value is -3.68. The highest BCUT2D eigenvalue weighted by Gasteiger charge is 2.27. The molecule has 0 radical (unpaired) electrons. The summed E-state index contributed by atoms with van der Waals surface area (Å²) in [6.07, 6.45) is 4.17. The quantitative estimate of drug-likeness (QED) is 0.491. The molecule has 1 fully saturated rings. The molecule has 0 bridgehead atoms. The van der Waals surface area contributed by atoms with Gasteiger partial charge in [0.15, 0.2) is 0 Å². The van der Waals surface area contributed by atoms with Crippen molar-refractivity contribution in [1.82, 2.24) is 10.2 Å². The monoisotopic (exact) mass is 453 g/mol. The third kappa shape index (κ3) is 7.45. The van der Waals surface area contributed by atoms with E-state index in [0.717, 1.165) is 11.1 Å². The fourth-order valence-corrected chi connectivity index (χ4v) is 3.52. The molecule has 2 aromatic carbocycles. The number of amides is 3.